The number of nitrogens with one attached hydrogen (secondary N) is 3. The summed E-state index contributed by atoms with van der Waals surface area (Å²) >= 11 is 0. The fourth-order valence-electron chi connectivity index (χ4n) is 1.86. The van der Waals surface area contributed by atoms with E-state index in [9.17, 15) is 13.2 Å². The first-order valence-electron chi connectivity index (χ1n) is 5.59. The summed E-state index contributed by atoms with van der Waals surface area (Å²) in [6.45, 7) is 0.507. The molecular formula is C11H15N3O3S. The van der Waals surface area contributed by atoms with Crippen molar-refractivity contribution in [1.82, 2.24) is 10.0 Å². The number of carbonyl (C=O) groups is 1. The monoisotopic (exact) mass is 269 g/mol. The Bertz CT molecular complexity index is 556. The zero-order valence-corrected chi connectivity index (χ0v) is 10.8. The first-order valence-corrected chi connectivity index (χ1v) is 7.07. The van der Waals surface area contributed by atoms with Gasteiger partial charge in [-0.25, -0.2) is 13.1 Å². The summed E-state index contributed by atoms with van der Waals surface area (Å²) in [6, 6.07) is 6.55. The molecule has 2 rings (SSSR count). The van der Waals surface area contributed by atoms with Crippen LogP contribution in [0, 0.1) is 0 Å². The Morgan fingerprint density at radius 3 is 2.67 bits per heavy atom. The maximum Gasteiger partial charge on any atom is 0.242 e. The van der Waals surface area contributed by atoms with Gasteiger partial charge in [-0.05, 0) is 19.2 Å². The van der Waals surface area contributed by atoms with Crippen molar-refractivity contribution < 1.29 is 13.2 Å². The van der Waals surface area contributed by atoms with Crippen LogP contribution in [0.3, 0.4) is 0 Å². The van der Waals surface area contributed by atoms with Crippen LogP contribution in [0.25, 0.3) is 0 Å². The molecule has 0 spiro atoms. The van der Waals surface area contributed by atoms with Gasteiger partial charge in [-0.1, -0.05) is 12.1 Å². The second kappa shape index (κ2) is 4.95. The van der Waals surface area contributed by atoms with Crippen molar-refractivity contribution in [1.29, 1.82) is 0 Å². The smallest absolute Gasteiger partial charge is 0.242 e. The van der Waals surface area contributed by atoms with E-state index in [1.165, 1.54) is 13.1 Å². The van der Waals surface area contributed by atoms with Crippen LogP contribution in [-0.4, -0.2) is 34.0 Å². The molecule has 1 amide bonds. The number of hydrogen-bond acceptors (Lipinski definition) is 4. The van der Waals surface area contributed by atoms with Gasteiger partial charge in [0.2, 0.25) is 15.9 Å². The lowest BCUT2D eigenvalue weighted by molar-refractivity contribution is -0.119. The summed E-state index contributed by atoms with van der Waals surface area (Å²) < 4.78 is 25.9. The van der Waals surface area contributed by atoms with Gasteiger partial charge in [0.1, 0.15) is 4.90 Å². The first kappa shape index (κ1) is 12.8. The molecule has 98 valence electrons. The summed E-state index contributed by atoms with van der Waals surface area (Å²) in [4.78, 5) is 11.3. The highest BCUT2D eigenvalue weighted by molar-refractivity contribution is 7.89. The van der Waals surface area contributed by atoms with E-state index >= 15 is 0 Å². The molecule has 1 heterocycles. The molecule has 3 N–H and O–H groups in total. The zero-order chi connectivity index (χ0) is 13.2. The van der Waals surface area contributed by atoms with Gasteiger partial charge < -0.3 is 10.6 Å². The van der Waals surface area contributed by atoms with E-state index in [0.29, 0.717) is 18.7 Å². The van der Waals surface area contributed by atoms with Crippen molar-refractivity contribution in [2.24, 2.45) is 0 Å². The fourth-order valence-corrected chi connectivity index (χ4v) is 2.75. The van der Waals surface area contributed by atoms with E-state index in [4.69, 9.17) is 0 Å². The van der Waals surface area contributed by atoms with Crippen molar-refractivity contribution in [2.75, 3.05) is 18.9 Å². The molecular weight excluding hydrogens is 254 g/mol. The van der Waals surface area contributed by atoms with Crippen molar-refractivity contribution in [3.8, 4) is 0 Å². The van der Waals surface area contributed by atoms with E-state index in [1.54, 1.807) is 18.2 Å². The average molecular weight is 269 g/mol. The van der Waals surface area contributed by atoms with Gasteiger partial charge in [0.05, 0.1) is 11.7 Å². The Hall–Kier alpha value is -1.60. The Balaban J connectivity index is 2.26. The minimum Gasteiger partial charge on any atom is -0.379 e. The van der Waals surface area contributed by atoms with Crippen molar-refractivity contribution >= 4 is 21.6 Å². The number of carbonyl (C=O) groups excluding carboxylic acids is 1. The molecule has 1 aliphatic heterocycles. The van der Waals surface area contributed by atoms with Crippen molar-refractivity contribution in [2.45, 2.75) is 17.4 Å². The van der Waals surface area contributed by atoms with Gasteiger partial charge in [-0.2, -0.15) is 0 Å². The number of rotatable bonds is 4. The highest BCUT2D eigenvalue weighted by atomic mass is 32.2. The topological polar surface area (TPSA) is 87.3 Å². The number of anilines is 1. The van der Waals surface area contributed by atoms with Crippen molar-refractivity contribution in [3.63, 3.8) is 0 Å². The molecule has 1 unspecified atom stereocenters. The van der Waals surface area contributed by atoms with E-state index in [2.05, 4.69) is 15.4 Å². The standard InChI is InChI=1S/C11H15N3O3S/c1-12-18(16,17)10-5-3-2-4-9(10)14-8-6-11(15)13-7-8/h2-5,8,12,14H,6-7H2,1H3,(H,13,15). The second-order valence-corrected chi connectivity index (χ2v) is 5.91. The molecule has 0 radical (unpaired) electrons. The van der Waals surface area contributed by atoms with Crippen LogP contribution < -0.4 is 15.4 Å². The largest absolute Gasteiger partial charge is 0.379 e. The summed E-state index contributed by atoms with van der Waals surface area (Å²) in [7, 11) is -2.13. The maximum atomic E-state index is 11.8. The number of amides is 1. The molecule has 1 aromatic rings. The summed E-state index contributed by atoms with van der Waals surface area (Å²) in [5, 5.41) is 5.77. The van der Waals surface area contributed by atoms with Crippen LogP contribution in [0.1, 0.15) is 6.42 Å². The number of para-hydroxylation sites is 1. The number of hydrogen-bond donors (Lipinski definition) is 3. The zero-order valence-electron chi connectivity index (χ0n) is 9.93. The molecule has 0 aromatic heterocycles. The van der Waals surface area contributed by atoms with Gasteiger partial charge in [0, 0.05) is 13.0 Å². The predicted molar refractivity (Wildman–Crippen MR) is 67.7 cm³/mol. The molecule has 1 aromatic carbocycles. The molecule has 1 fully saturated rings. The Kier molecular flexibility index (Phi) is 3.53. The first-order chi connectivity index (χ1) is 8.53. The molecule has 1 atom stereocenters. The van der Waals surface area contributed by atoms with Crippen LogP contribution in [0.15, 0.2) is 29.2 Å². The van der Waals surface area contributed by atoms with Crippen LogP contribution in [-0.2, 0) is 14.8 Å². The second-order valence-electron chi connectivity index (χ2n) is 4.05. The lowest BCUT2D eigenvalue weighted by Crippen LogP contribution is -2.25. The van der Waals surface area contributed by atoms with Crippen molar-refractivity contribution in [3.05, 3.63) is 24.3 Å². The van der Waals surface area contributed by atoms with E-state index in [1.807, 2.05) is 0 Å². The molecule has 18 heavy (non-hydrogen) atoms. The molecule has 1 aliphatic rings. The third kappa shape index (κ3) is 2.62. The van der Waals surface area contributed by atoms with Gasteiger partial charge in [-0.15, -0.1) is 0 Å². The third-order valence-electron chi connectivity index (χ3n) is 2.78. The molecule has 7 heteroatoms. The maximum absolute atomic E-state index is 11.8. The molecule has 0 bridgehead atoms. The highest BCUT2D eigenvalue weighted by Crippen LogP contribution is 2.22. The van der Waals surface area contributed by atoms with Gasteiger partial charge >= 0.3 is 0 Å². The Morgan fingerprint density at radius 1 is 1.33 bits per heavy atom. The summed E-state index contributed by atoms with van der Waals surface area (Å²) in [6.07, 6.45) is 0.355. The van der Waals surface area contributed by atoms with E-state index < -0.39 is 10.0 Å². The summed E-state index contributed by atoms with van der Waals surface area (Å²) in [5.41, 5.74) is 0.508. The van der Waals surface area contributed by atoms with Gasteiger partial charge in [0.25, 0.3) is 0 Å². The van der Waals surface area contributed by atoms with E-state index in [0.717, 1.165) is 0 Å². The number of sulfonamides is 1. The summed E-state index contributed by atoms with van der Waals surface area (Å²) in [5.74, 6) is -0.0264. The normalized spacial score (nSPS) is 19.6. The average Bonchev–Trinajstić information content (AvgIpc) is 2.75. The van der Waals surface area contributed by atoms with Crippen LogP contribution in [0.5, 0.6) is 0 Å². The van der Waals surface area contributed by atoms with Gasteiger partial charge in [-0.3, -0.25) is 4.79 Å². The minimum atomic E-state index is -3.50. The Morgan fingerprint density at radius 2 is 2.06 bits per heavy atom. The quantitative estimate of drug-likeness (QED) is 0.712. The molecule has 6 nitrogen and oxygen atoms in total. The molecule has 1 saturated heterocycles. The van der Waals surface area contributed by atoms with E-state index in [-0.39, 0.29) is 16.8 Å². The van der Waals surface area contributed by atoms with Gasteiger partial charge in [0.15, 0.2) is 0 Å². The lowest BCUT2D eigenvalue weighted by atomic mass is 10.2. The lowest BCUT2D eigenvalue weighted by Gasteiger charge is -2.15. The molecule has 0 aliphatic carbocycles. The molecule has 0 saturated carbocycles. The Labute approximate surface area is 106 Å². The minimum absolute atomic E-state index is 0.0264. The van der Waals surface area contributed by atoms with Crippen LogP contribution in [0.2, 0.25) is 0 Å². The van der Waals surface area contributed by atoms with Crippen LogP contribution in [0.4, 0.5) is 5.69 Å². The SMILES string of the molecule is CNS(=O)(=O)c1ccccc1NC1CNC(=O)C1. The highest BCUT2D eigenvalue weighted by Gasteiger charge is 2.23. The fraction of sp³-hybridized carbons (Fsp3) is 0.364. The number of benzene rings is 1. The predicted octanol–water partition coefficient (Wildman–Crippen LogP) is -0.105. The third-order valence-corrected chi connectivity index (χ3v) is 4.25. The van der Waals surface area contributed by atoms with Crippen LogP contribution >= 0.6 is 0 Å².